The highest BCUT2D eigenvalue weighted by Gasteiger charge is 2.29. The molecule has 0 unspecified atom stereocenters. The van der Waals surface area contributed by atoms with Crippen LogP contribution in [-0.4, -0.2) is 30.4 Å². The van der Waals surface area contributed by atoms with Gasteiger partial charge in [0.15, 0.2) is 0 Å². The number of amides is 1. The molecule has 3 nitrogen and oxygen atoms in total. The number of rotatable bonds is 5. The fourth-order valence-electron chi connectivity index (χ4n) is 1.15. The van der Waals surface area contributed by atoms with Gasteiger partial charge in [0, 0.05) is 13.1 Å². The monoisotopic (exact) mass is 196 g/mol. The van der Waals surface area contributed by atoms with Gasteiger partial charge in [0.25, 0.3) is 0 Å². The molecule has 3 heteroatoms. The van der Waals surface area contributed by atoms with Gasteiger partial charge in [0.05, 0.1) is 12.0 Å². The third-order valence-electron chi connectivity index (χ3n) is 2.15. The molecule has 0 heterocycles. The summed E-state index contributed by atoms with van der Waals surface area (Å²) < 4.78 is 0. The molecule has 0 aromatic carbocycles. The number of terminal acetylenes is 1. The Kier molecular flexibility index (Phi) is 5.26. The van der Waals surface area contributed by atoms with Gasteiger partial charge in [-0.2, -0.15) is 0 Å². The van der Waals surface area contributed by atoms with Crippen LogP contribution in [0.3, 0.4) is 0 Å². The Morgan fingerprint density at radius 2 is 2.14 bits per heavy atom. The van der Waals surface area contributed by atoms with Gasteiger partial charge in [0.2, 0.25) is 5.91 Å². The first-order chi connectivity index (χ1) is 6.49. The van der Waals surface area contributed by atoms with E-state index in [4.69, 9.17) is 12.2 Å². The van der Waals surface area contributed by atoms with Crippen LogP contribution in [-0.2, 0) is 4.79 Å². The summed E-state index contributed by atoms with van der Waals surface area (Å²) in [6, 6.07) is 0. The van der Waals surface area contributed by atoms with Crippen molar-refractivity contribution in [1.82, 2.24) is 4.90 Å². The third kappa shape index (κ3) is 3.39. The second-order valence-electron chi connectivity index (χ2n) is 4.02. The van der Waals surface area contributed by atoms with E-state index in [0.717, 1.165) is 6.42 Å². The van der Waals surface area contributed by atoms with E-state index in [9.17, 15) is 4.79 Å². The molecule has 0 fully saturated rings. The molecule has 2 N–H and O–H groups in total. The van der Waals surface area contributed by atoms with Gasteiger partial charge in [0.1, 0.15) is 0 Å². The standard InChI is InChI=1S/C11H20N2O/c1-5-7-13(8-6-2)10(14)11(3,4)9-12/h1H,6-9,12H2,2-4H3. The molecule has 0 aromatic heterocycles. The number of hydrogen-bond donors (Lipinski definition) is 1. The molecule has 0 bridgehead atoms. The normalized spacial score (nSPS) is 10.8. The molecule has 0 spiro atoms. The van der Waals surface area contributed by atoms with E-state index in [-0.39, 0.29) is 5.91 Å². The first-order valence-electron chi connectivity index (χ1n) is 4.92. The SMILES string of the molecule is C#CCN(CCC)C(=O)C(C)(C)CN. The van der Waals surface area contributed by atoms with E-state index >= 15 is 0 Å². The Bertz CT molecular complexity index is 228. The topological polar surface area (TPSA) is 46.3 Å². The second-order valence-corrected chi connectivity index (χ2v) is 4.02. The van der Waals surface area contributed by atoms with Gasteiger partial charge in [-0.25, -0.2) is 0 Å². The highest BCUT2D eigenvalue weighted by Crippen LogP contribution is 2.16. The van der Waals surface area contributed by atoms with Gasteiger partial charge < -0.3 is 10.6 Å². The summed E-state index contributed by atoms with van der Waals surface area (Å²) in [5.74, 6) is 2.54. The van der Waals surface area contributed by atoms with Gasteiger partial charge in [-0.3, -0.25) is 4.79 Å². The lowest BCUT2D eigenvalue weighted by molar-refractivity contribution is -0.139. The molecule has 0 rings (SSSR count). The molecular formula is C11H20N2O. The molecule has 0 radical (unpaired) electrons. The minimum Gasteiger partial charge on any atom is -0.331 e. The van der Waals surface area contributed by atoms with Crippen molar-refractivity contribution in [1.29, 1.82) is 0 Å². The summed E-state index contributed by atoms with van der Waals surface area (Å²) in [6.45, 7) is 7.12. The van der Waals surface area contributed by atoms with Crippen molar-refractivity contribution < 1.29 is 4.79 Å². The van der Waals surface area contributed by atoms with Crippen molar-refractivity contribution >= 4 is 5.91 Å². The predicted molar refractivity (Wildman–Crippen MR) is 58.5 cm³/mol. The fraction of sp³-hybridized carbons (Fsp3) is 0.727. The first kappa shape index (κ1) is 13.0. The lowest BCUT2D eigenvalue weighted by atomic mass is 9.92. The Balaban J connectivity index is 4.51. The van der Waals surface area contributed by atoms with Crippen LogP contribution in [0.4, 0.5) is 0 Å². The zero-order valence-corrected chi connectivity index (χ0v) is 9.34. The van der Waals surface area contributed by atoms with Crippen LogP contribution in [0.25, 0.3) is 0 Å². The Morgan fingerprint density at radius 1 is 1.57 bits per heavy atom. The molecule has 0 atom stereocenters. The average Bonchev–Trinajstić information content (AvgIpc) is 2.16. The van der Waals surface area contributed by atoms with Crippen LogP contribution < -0.4 is 5.73 Å². The van der Waals surface area contributed by atoms with Crippen molar-refractivity contribution in [3.8, 4) is 12.3 Å². The van der Waals surface area contributed by atoms with E-state index in [1.807, 2.05) is 20.8 Å². The predicted octanol–water partition coefficient (Wildman–Crippen LogP) is 0.843. The fourth-order valence-corrected chi connectivity index (χ4v) is 1.15. The first-order valence-corrected chi connectivity index (χ1v) is 4.92. The number of carbonyl (C=O) groups excluding carboxylic acids is 1. The molecule has 0 saturated heterocycles. The molecule has 14 heavy (non-hydrogen) atoms. The average molecular weight is 196 g/mol. The summed E-state index contributed by atoms with van der Waals surface area (Å²) in [6.07, 6.45) is 6.12. The van der Waals surface area contributed by atoms with E-state index in [0.29, 0.717) is 19.6 Å². The summed E-state index contributed by atoms with van der Waals surface area (Å²) in [5, 5.41) is 0. The largest absolute Gasteiger partial charge is 0.331 e. The molecule has 0 aliphatic rings. The highest BCUT2D eigenvalue weighted by atomic mass is 16.2. The molecule has 0 aliphatic heterocycles. The third-order valence-corrected chi connectivity index (χ3v) is 2.15. The van der Waals surface area contributed by atoms with Gasteiger partial charge in [-0.1, -0.05) is 12.8 Å². The maximum absolute atomic E-state index is 11.9. The van der Waals surface area contributed by atoms with Crippen molar-refractivity contribution in [2.24, 2.45) is 11.1 Å². The maximum Gasteiger partial charge on any atom is 0.230 e. The Morgan fingerprint density at radius 3 is 2.50 bits per heavy atom. The van der Waals surface area contributed by atoms with E-state index < -0.39 is 5.41 Å². The number of nitrogens with two attached hydrogens (primary N) is 1. The zero-order valence-electron chi connectivity index (χ0n) is 9.34. The van der Waals surface area contributed by atoms with E-state index in [1.54, 1.807) is 4.90 Å². The smallest absolute Gasteiger partial charge is 0.230 e. The highest BCUT2D eigenvalue weighted by molar-refractivity contribution is 5.82. The molecule has 0 aromatic rings. The van der Waals surface area contributed by atoms with Gasteiger partial charge in [-0.15, -0.1) is 6.42 Å². The van der Waals surface area contributed by atoms with E-state index in [1.165, 1.54) is 0 Å². The molecule has 80 valence electrons. The number of hydrogen-bond acceptors (Lipinski definition) is 2. The molecule has 0 saturated carbocycles. The molecular weight excluding hydrogens is 176 g/mol. The van der Waals surface area contributed by atoms with Crippen molar-refractivity contribution in [3.63, 3.8) is 0 Å². The second kappa shape index (κ2) is 5.66. The minimum absolute atomic E-state index is 0.0415. The van der Waals surface area contributed by atoms with Crippen LogP contribution in [0.5, 0.6) is 0 Å². The maximum atomic E-state index is 11.9. The summed E-state index contributed by atoms with van der Waals surface area (Å²) in [4.78, 5) is 13.6. The van der Waals surface area contributed by atoms with Crippen LogP contribution in [0.15, 0.2) is 0 Å². The summed E-state index contributed by atoms with van der Waals surface area (Å²) in [7, 11) is 0. The number of nitrogens with zero attached hydrogens (tertiary/aromatic N) is 1. The van der Waals surface area contributed by atoms with Crippen LogP contribution in [0.2, 0.25) is 0 Å². The molecule has 0 aliphatic carbocycles. The van der Waals surface area contributed by atoms with Crippen LogP contribution >= 0.6 is 0 Å². The summed E-state index contributed by atoms with van der Waals surface area (Å²) >= 11 is 0. The van der Waals surface area contributed by atoms with Gasteiger partial charge >= 0.3 is 0 Å². The van der Waals surface area contributed by atoms with Crippen LogP contribution in [0.1, 0.15) is 27.2 Å². The zero-order chi connectivity index (χ0) is 11.2. The molecule has 1 amide bonds. The summed E-state index contributed by atoms with van der Waals surface area (Å²) in [5.41, 5.74) is 5.03. The minimum atomic E-state index is -0.508. The van der Waals surface area contributed by atoms with Crippen molar-refractivity contribution in [3.05, 3.63) is 0 Å². The van der Waals surface area contributed by atoms with E-state index in [2.05, 4.69) is 5.92 Å². The van der Waals surface area contributed by atoms with Gasteiger partial charge in [-0.05, 0) is 20.3 Å². The van der Waals surface area contributed by atoms with Crippen LogP contribution in [0, 0.1) is 17.8 Å². The lowest BCUT2D eigenvalue weighted by Crippen LogP contribution is -2.45. The van der Waals surface area contributed by atoms with Crippen molar-refractivity contribution in [2.75, 3.05) is 19.6 Å². The number of carbonyl (C=O) groups is 1. The Labute approximate surface area is 86.6 Å². The quantitative estimate of drug-likeness (QED) is 0.662. The Hall–Kier alpha value is -1.01. The van der Waals surface area contributed by atoms with Crippen molar-refractivity contribution in [2.45, 2.75) is 27.2 Å². The lowest BCUT2D eigenvalue weighted by Gasteiger charge is -2.29.